The number of benzene rings is 2. The summed E-state index contributed by atoms with van der Waals surface area (Å²) in [4.78, 5) is 12.4. The minimum atomic E-state index is -0.218. The van der Waals surface area contributed by atoms with E-state index in [4.69, 9.17) is 4.74 Å². The van der Waals surface area contributed by atoms with Gasteiger partial charge in [-0.2, -0.15) is 5.10 Å². The Morgan fingerprint density at radius 2 is 2.00 bits per heavy atom. The zero-order valence-corrected chi connectivity index (χ0v) is 13.7. The van der Waals surface area contributed by atoms with Crippen molar-refractivity contribution in [3.05, 3.63) is 65.9 Å². The first kappa shape index (κ1) is 15.8. The number of amides is 1. The van der Waals surface area contributed by atoms with E-state index in [0.717, 1.165) is 23.4 Å². The van der Waals surface area contributed by atoms with Crippen molar-refractivity contribution in [2.24, 2.45) is 0 Å². The van der Waals surface area contributed by atoms with Gasteiger partial charge in [0.1, 0.15) is 11.4 Å². The molecule has 2 N–H and O–H groups in total. The predicted molar refractivity (Wildman–Crippen MR) is 94.3 cm³/mol. The Bertz CT molecular complexity index is 855. The minimum absolute atomic E-state index is 0.218. The summed E-state index contributed by atoms with van der Waals surface area (Å²) in [6, 6.07) is 17.1. The van der Waals surface area contributed by atoms with Gasteiger partial charge in [-0.3, -0.25) is 9.89 Å². The summed E-state index contributed by atoms with van der Waals surface area (Å²) in [6.07, 6.45) is 0.924. The molecular weight excluding hydrogens is 302 g/mol. The highest BCUT2D eigenvalue weighted by Gasteiger charge is 2.12. The Kier molecular flexibility index (Phi) is 4.61. The lowest BCUT2D eigenvalue weighted by molar-refractivity contribution is 0.102. The van der Waals surface area contributed by atoms with Gasteiger partial charge in [0.2, 0.25) is 0 Å². The van der Waals surface area contributed by atoms with Crippen LogP contribution in [-0.4, -0.2) is 23.2 Å². The highest BCUT2D eigenvalue weighted by molar-refractivity contribution is 6.03. The maximum absolute atomic E-state index is 12.4. The smallest absolute Gasteiger partial charge is 0.273 e. The van der Waals surface area contributed by atoms with Crippen molar-refractivity contribution in [2.75, 3.05) is 12.4 Å². The number of H-pyrrole nitrogens is 1. The van der Waals surface area contributed by atoms with Gasteiger partial charge in [0.25, 0.3) is 5.91 Å². The van der Waals surface area contributed by atoms with E-state index in [2.05, 4.69) is 22.4 Å². The van der Waals surface area contributed by atoms with Gasteiger partial charge in [-0.1, -0.05) is 31.2 Å². The van der Waals surface area contributed by atoms with Crippen molar-refractivity contribution in [3.8, 4) is 17.0 Å². The molecule has 0 aliphatic carbocycles. The van der Waals surface area contributed by atoms with Crippen LogP contribution in [0.5, 0.6) is 5.75 Å². The summed E-state index contributed by atoms with van der Waals surface area (Å²) in [5.41, 5.74) is 3.94. The number of aromatic nitrogens is 2. The first-order valence-electron chi connectivity index (χ1n) is 7.79. The number of hydrogen-bond acceptors (Lipinski definition) is 3. The average molecular weight is 321 g/mol. The molecule has 1 aromatic heterocycles. The number of ether oxygens (including phenoxy) is 1. The van der Waals surface area contributed by atoms with Gasteiger partial charge in [0.15, 0.2) is 0 Å². The van der Waals surface area contributed by atoms with Crippen LogP contribution in [0, 0.1) is 0 Å². The second-order valence-corrected chi connectivity index (χ2v) is 5.41. The predicted octanol–water partition coefficient (Wildman–Crippen LogP) is 3.90. The van der Waals surface area contributed by atoms with Crippen LogP contribution < -0.4 is 10.1 Å². The Morgan fingerprint density at radius 1 is 1.17 bits per heavy atom. The van der Waals surface area contributed by atoms with E-state index in [1.807, 2.05) is 48.5 Å². The molecule has 0 spiro atoms. The Morgan fingerprint density at radius 3 is 2.79 bits per heavy atom. The topological polar surface area (TPSA) is 67.0 Å². The van der Waals surface area contributed by atoms with E-state index in [-0.39, 0.29) is 5.91 Å². The normalized spacial score (nSPS) is 10.4. The maximum atomic E-state index is 12.4. The average Bonchev–Trinajstić information content (AvgIpc) is 3.12. The summed E-state index contributed by atoms with van der Waals surface area (Å²) in [6.45, 7) is 2.08. The molecule has 5 heteroatoms. The van der Waals surface area contributed by atoms with Crippen LogP contribution in [-0.2, 0) is 6.42 Å². The fraction of sp³-hybridized carbons (Fsp3) is 0.158. The summed E-state index contributed by atoms with van der Waals surface area (Å²) in [7, 11) is 1.62. The molecule has 0 atom stereocenters. The summed E-state index contributed by atoms with van der Waals surface area (Å²) in [5.74, 6) is 0.530. The van der Waals surface area contributed by atoms with Gasteiger partial charge in [-0.25, -0.2) is 0 Å². The highest BCUT2D eigenvalue weighted by Crippen LogP contribution is 2.23. The molecule has 24 heavy (non-hydrogen) atoms. The molecule has 1 heterocycles. The lowest BCUT2D eigenvalue weighted by atomic mass is 10.1. The minimum Gasteiger partial charge on any atom is -0.497 e. The fourth-order valence-corrected chi connectivity index (χ4v) is 2.44. The van der Waals surface area contributed by atoms with Crippen molar-refractivity contribution in [1.29, 1.82) is 0 Å². The number of hydrogen-bond donors (Lipinski definition) is 2. The van der Waals surface area contributed by atoms with Crippen LogP contribution in [0.4, 0.5) is 5.69 Å². The van der Waals surface area contributed by atoms with Gasteiger partial charge in [-0.15, -0.1) is 0 Å². The number of methoxy groups -OCH3 is 1. The van der Waals surface area contributed by atoms with Gasteiger partial charge in [0.05, 0.1) is 12.8 Å². The molecule has 122 valence electrons. The second kappa shape index (κ2) is 7.00. The zero-order chi connectivity index (χ0) is 16.9. The van der Waals surface area contributed by atoms with Crippen molar-refractivity contribution in [3.63, 3.8) is 0 Å². The fourth-order valence-electron chi connectivity index (χ4n) is 2.44. The number of rotatable bonds is 5. The van der Waals surface area contributed by atoms with E-state index in [9.17, 15) is 4.79 Å². The summed E-state index contributed by atoms with van der Waals surface area (Å²) in [5, 5.41) is 9.89. The van der Waals surface area contributed by atoms with Crippen molar-refractivity contribution >= 4 is 11.6 Å². The van der Waals surface area contributed by atoms with E-state index in [1.54, 1.807) is 13.2 Å². The van der Waals surface area contributed by atoms with Gasteiger partial charge in [-0.05, 0) is 42.3 Å². The van der Waals surface area contributed by atoms with Crippen LogP contribution in [0.3, 0.4) is 0 Å². The lowest BCUT2D eigenvalue weighted by Crippen LogP contribution is -2.12. The zero-order valence-electron chi connectivity index (χ0n) is 13.7. The van der Waals surface area contributed by atoms with Crippen molar-refractivity contribution < 1.29 is 9.53 Å². The number of carbonyl (C=O) groups excluding carboxylic acids is 1. The standard InChI is InChI=1S/C19H19N3O2/c1-3-13-6-4-8-15(10-13)20-19(23)18-12-17(21-22-18)14-7-5-9-16(11-14)24-2/h4-12H,3H2,1-2H3,(H,20,23)(H,21,22). The molecule has 0 aliphatic rings. The molecule has 0 fully saturated rings. The molecule has 0 saturated carbocycles. The molecule has 0 saturated heterocycles. The van der Waals surface area contributed by atoms with Gasteiger partial charge in [0, 0.05) is 11.3 Å². The van der Waals surface area contributed by atoms with Gasteiger partial charge >= 0.3 is 0 Å². The monoisotopic (exact) mass is 321 g/mol. The first-order chi connectivity index (χ1) is 11.7. The Hall–Kier alpha value is -3.08. The molecular formula is C19H19N3O2. The third kappa shape index (κ3) is 3.46. The van der Waals surface area contributed by atoms with Crippen LogP contribution in [0.2, 0.25) is 0 Å². The SMILES string of the molecule is CCc1cccc(NC(=O)c2cc(-c3cccc(OC)c3)n[nH]2)c1. The molecule has 0 aliphatic heterocycles. The summed E-state index contributed by atoms with van der Waals surface area (Å²) >= 11 is 0. The lowest BCUT2D eigenvalue weighted by Gasteiger charge is -2.05. The Balaban J connectivity index is 1.78. The maximum Gasteiger partial charge on any atom is 0.273 e. The molecule has 3 rings (SSSR count). The van der Waals surface area contributed by atoms with E-state index in [1.165, 1.54) is 5.56 Å². The number of carbonyl (C=O) groups is 1. The molecule has 5 nitrogen and oxygen atoms in total. The molecule has 1 amide bonds. The third-order valence-corrected chi connectivity index (χ3v) is 3.78. The molecule has 2 aromatic carbocycles. The van der Waals surface area contributed by atoms with Crippen molar-refractivity contribution in [2.45, 2.75) is 13.3 Å². The number of aryl methyl sites for hydroxylation is 1. The summed E-state index contributed by atoms with van der Waals surface area (Å²) < 4.78 is 5.21. The quantitative estimate of drug-likeness (QED) is 0.749. The molecule has 3 aromatic rings. The van der Waals surface area contributed by atoms with Crippen LogP contribution >= 0.6 is 0 Å². The largest absolute Gasteiger partial charge is 0.497 e. The first-order valence-corrected chi connectivity index (χ1v) is 7.79. The number of aromatic amines is 1. The molecule has 0 radical (unpaired) electrons. The number of nitrogens with zero attached hydrogens (tertiary/aromatic N) is 1. The van der Waals surface area contributed by atoms with Crippen LogP contribution in [0.25, 0.3) is 11.3 Å². The second-order valence-electron chi connectivity index (χ2n) is 5.41. The van der Waals surface area contributed by atoms with Crippen molar-refractivity contribution in [1.82, 2.24) is 10.2 Å². The molecule has 0 bridgehead atoms. The van der Waals surface area contributed by atoms with E-state index < -0.39 is 0 Å². The number of nitrogens with one attached hydrogen (secondary N) is 2. The van der Waals surface area contributed by atoms with E-state index >= 15 is 0 Å². The molecule has 0 unspecified atom stereocenters. The Labute approximate surface area is 140 Å². The van der Waals surface area contributed by atoms with Crippen LogP contribution in [0.15, 0.2) is 54.6 Å². The number of anilines is 1. The third-order valence-electron chi connectivity index (χ3n) is 3.78. The highest BCUT2D eigenvalue weighted by atomic mass is 16.5. The van der Waals surface area contributed by atoms with E-state index in [0.29, 0.717) is 11.4 Å². The van der Waals surface area contributed by atoms with Gasteiger partial charge < -0.3 is 10.1 Å². The van der Waals surface area contributed by atoms with Crippen LogP contribution in [0.1, 0.15) is 23.0 Å².